The van der Waals surface area contributed by atoms with Crippen molar-refractivity contribution in [1.82, 2.24) is 10.6 Å². The van der Waals surface area contributed by atoms with Crippen molar-refractivity contribution in [3.63, 3.8) is 0 Å². The lowest BCUT2D eigenvalue weighted by Gasteiger charge is -2.47. The standard InChI is InChI=1S/C45H51N3O7/c1-46-24-45(53-25-48-30-5-3-4-6-30)22-37-36-19-29(18-26-7-13-38-27(17-26)15-16-47-38)35-21-31(50)9-11-33(35)41(36)43-34(12-10-32(23-49)54-43)42(37)55-44(45)28-8-14-39(51)40(20-28)52-2/h7-9,11,13-15,17,20-21,29-30,32,44,46,48-51H,3-6,10,12,16,18-19,22-25H2,1-2H3. The Bertz CT molecular complexity index is 2230. The van der Waals surface area contributed by atoms with Gasteiger partial charge >= 0.3 is 0 Å². The SMILES string of the molecule is CNCC1(OCNC2CCCC2)Cc2c3c(c4c(c2OC1c1ccc(O)c(OC)c1)CCC(CO)O4)-c1ccc(O)cc1C(Cc1ccc2c(c1)=CCN=2)C3. The van der Waals surface area contributed by atoms with Crippen molar-refractivity contribution in [2.45, 2.75) is 87.6 Å². The van der Waals surface area contributed by atoms with Crippen LogP contribution in [0.1, 0.15) is 77.5 Å². The van der Waals surface area contributed by atoms with Gasteiger partial charge in [-0.3, -0.25) is 10.3 Å². The van der Waals surface area contributed by atoms with Gasteiger partial charge in [0.25, 0.3) is 0 Å². The van der Waals surface area contributed by atoms with E-state index in [1.165, 1.54) is 23.6 Å². The molecule has 2 aliphatic carbocycles. The molecule has 0 aromatic heterocycles. The summed E-state index contributed by atoms with van der Waals surface area (Å²) >= 11 is 0. The molecule has 3 aliphatic heterocycles. The number of likely N-dealkylation sites (N-methyl/N-ethyl adjacent to an activating group) is 1. The molecule has 0 radical (unpaired) electrons. The van der Waals surface area contributed by atoms with Crippen molar-refractivity contribution in [3.05, 3.63) is 98.6 Å². The average Bonchev–Trinajstić information content (AvgIpc) is 3.90. The van der Waals surface area contributed by atoms with E-state index in [2.05, 4.69) is 39.9 Å². The molecule has 10 nitrogen and oxygen atoms in total. The Morgan fingerprint density at radius 1 is 0.945 bits per heavy atom. The van der Waals surface area contributed by atoms with Gasteiger partial charge in [0.2, 0.25) is 0 Å². The number of nitrogens with zero attached hydrogens (tertiary/aromatic N) is 1. The molecule has 0 bridgehead atoms. The molecule has 288 valence electrons. The Hall–Kier alpha value is -4.61. The fourth-order valence-corrected chi connectivity index (χ4v) is 9.85. The molecule has 5 aliphatic rings. The van der Waals surface area contributed by atoms with Crippen LogP contribution in [0, 0.1) is 0 Å². The maximum absolute atomic E-state index is 10.9. The molecular weight excluding hydrogens is 695 g/mol. The van der Waals surface area contributed by atoms with Crippen molar-refractivity contribution in [1.29, 1.82) is 0 Å². The van der Waals surface area contributed by atoms with Gasteiger partial charge in [-0.25, -0.2) is 0 Å². The summed E-state index contributed by atoms with van der Waals surface area (Å²) in [6.45, 7) is 1.51. The summed E-state index contributed by atoms with van der Waals surface area (Å²) in [5, 5.41) is 41.2. The highest BCUT2D eigenvalue weighted by atomic mass is 16.6. The highest BCUT2D eigenvalue weighted by molar-refractivity contribution is 5.85. The van der Waals surface area contributed by atoms with Crippen LogP contribution in [0.4, 0.5) is 0 Å². The molecule has 1 saturated carbocycles. The molecule has 5 N–H and O–H groups in total. The molecular formula is C45H51N3O7. The summed E-state index contributed by atoms with van der Waals surface area (Å²) in [7, 11) is 3.51. The first kappa shape index (κ1) is 36.1. The number of phenolic OH excluding ortho intramolecular Hbond substituents is 2. The maximum atomic E-state index is 10.9. The summed E-state index contributed by atoms with van der Waals surface area (Å²) in [5.74, 6) is 2.30. The minimum Gasteiger partial charge on any atom is -0.508 e. The normalized spacial score (nSPS) is 23.6. The number of hydrogen-bond acceptors (Lipinski definition) is 10. The molecule has 3 heterocycles. The number of ether oxygens (including phenoxy) is 4. The minimum atomic E-state index is -0.843. The molecule has 0 spiro atoms. The van der Waals surface area contributed by atoms with Gasteiger partial charge < -0.3 is 39.6 Å². The Kier molecular flexibility index (Phi) is 9.70. The highest BCUT2D eigenvalue weighted by Gasteiger charge is 2.50. The van der Waals surface area contributed by atoms with Crippen molar-refractivity contribution >= 4 is 6.08 Å². The van der Waals surface area contributed by atoms with Gasteiger partial charge in [-0.15, -0.1) is 0 Å². The summed E-state index contributed by atoms with van der Waals surface area (Å²) in [6.07, 6.45) is 9.40. The van der Waals surface area contributed by atoms with Crippen LogP contribution in [-0.4, -0.2) is 73.7 Å². The van der Waals surface area contributed by atoms with E-state index in [9.17, 15) is 15.3 Å². The third-order valence-electron chi connectivity index (χ3n) is 12.5. The second kappa shape index (κ2) is 14.8. The lowest BCUT2D eigenvalue weighted by atomic mass is 9.70. The fourth-order valence-electron chi connectivity index (χ4n) is 9.85. The lowest BCUT2D eigenvalue weighted by Crippen LogP contribution is -2.55. The van der Waals surface area contributed by atoms with Crippen LogP contribution in [0.3, 0.4) is 0 Å². The molecule has 9 rings (SSSR count). The van der Waals surface area contributed by atoms with Crippen molar-refractivity contribution in [3.8, 4) is 39.9 Å². The third-order valence-corrected chi connectivity index (χ3v) is 12.5. The average molecular weight is 746 g/mol. The Balaban J connectivity index is 1.22. The number of hydrogen-bond donors (Lipinski definition) is 5. The van der Waals surface area contributed by atoms with Crippen LogP contribution >= 0.6 is 0 Å². The number of benzene rings is 4. The lowest BCUT2D eigenvalue weighted by molar-refractivity contribution is -0.130. The van der Waals surface area contributed by atoms with E-state index in [1.807, 2.05) is 31.3 Å². The molecule has 0 saturated heterocycles. The van der Waals surface area contributed by atoms with Crippen molar-refractivity contribution in [2.24, 2.45) is 4.99 Å². The number of fused-ring (bicyclic) bond motifs is 9. The fraction of sp³-hybridized carbons (Fsp3) is 0.444. The number of aromatic hydroxyl groups is 2. The van der Waals surface area contributed by atoms with Crippen LogP contribution in [0.25, 0.3) is 17.2 Å². The van der Waals surface area contributed by atoms with Crippen LogP contribution in [0.5, 0.6) is 28.7 Å². The van der Waals surface area contributed by atoms with Gasteiger partial charge in [0.05, 0.1) is 32.3 Å². The summed E-state index contributed by atoms with van der Waals surface area (Å²) in [4.78, 5) is 4.61. The predicted molar refractivity (Wildman–Crippen MR) is 210 cm³/mol. The van der Waals surface area contributed by atoms with Crippen molar-refractivity contribution < 1.29 is 34.3 Å². The number of methoxy groups -OCH3 is 1. The van der Waals surface area contributed by atoms with Crippen LogP contribution in [0.2, 0.25) is 0 Å². The highest BCUT2D eigenvalue weighted by Crippen LogP contribution is 2.57. The summed E-state index contributed by atoms with van der Waals surface area (Å²) < 4.78 is 26.8. The maximum Gasteiger partial charge on any atom is 0.160 e. The van der Waals surface area contributed by atoms with E-state index >= 15 is 0 Å². The number of rotatable bonds is 11. The zero-order chi connectivity index (χ0) is 37.7. The predicted octanol–water partition coefficient (Wildman–Crippen LogP) is 4.90. The monoisotopic (exact) mass is 745 g/mol. The van der Waals surface area contributed by atoms with Gasteiger partial charge in [-0.05, 0) is 121 Å². The first-order valence-corrected chi connectivity index (χ1v) is 19.9. The largest absolute Gasteiger partial charge is 0.508 e. The summed E-state index contributed by atoms with van der Waals surface area (Å²) in [6, 6.07) is 18.1. The quantitative estimate of drug-likeness (QED) is 0.136. The van der Waals surface area contributed by atoms with E-state index in [0.29, 0.717) is 57.3 Å². The zero-order valence-corrected chi connectivity index (χ0v) is 31.7. The first-order chi connectivity index (χ1) is 26.9. The molecule has 0 amide bonds. The molecule has 4 atom stereocenters. The summed E-state index contributed by atoms with van der Waals surface area (Å²) in [5.41, 5.74) is 7.64. The smallest absolute Gasteiger partial charge is 0.160 e. The molecule has 4 aromatic carbocycles. The van der Waals surface area contributed by atoms with Gasteiger partial charge in [0, 0.05) is 35.7 Å². The van der Waals surface area contributed by atoms with Crippen LogP contribution < -0.4 is 35.4 Å². The first-order valence-electron chi connectivity index (χ1n) is 19.9. The topological polar surface area (TPSA) is 134 Å². The van der Waals surface area contributed by atoms with E-state index in [4.69, 9.17) is 18.9 Å². The Labute approximate surface area is 321 Å². The van der Waals surface area contributed by atoms with Gasteiger partial charge in [-0.1, -0.05) is 37.1 Å². The zero-order valence-electron chi connectivity index (χ0n) is 31.7. The molecule has 1 fully saturated rings. The van der Waals surface area contributed by atoms with E-state index in [1.54, 1.807) is 19.2 Å². The minimum absolute atomic E-state index is 0.0618. The number of aliphatic hydroxyl groups is 1. The second-order valence-electron chi connectivity index (χ2n) is 15.9. The number of aliphatic hydroxyl groups excluding tert-OH is 1. The Morgan fingerprint density at radius 2 is 1.82 bits per heavy atom. The molecule has 10 heteroatoms. The van der Waals surface area contributed by atoms with E-state index < -0.39 is 11.7 Å². The molecule has 55 heavy (non-hydrogen) atoms. The third kappa shape index (κ3) is 6.52. The number of phenols is 2. The van der Waals surface area contributed by atoms with Gasteiger partial charge in [0.15, 0.2) is 17.6 Å². The van der Waals surface area contributed by atoms with Crippen molar-refractivity contribution in [2.75, 3.05) is 40.6 Å². The van der Waals surface area contributed by atoms with E-state index in [0.717, 1.165) is 75.1 Å². The molecule has 4 unspecified atom stereocenters. The van der Waals surface area contributed by atoms with E-state index in [-0.39, 0.29) is 30.1 Å². The number of nitrogens with one attached hydrogen (secondary N) is 2. The van der Waals surface area contributed by atoms with Gasteiger partial charge in [-0.2, -0.15) is 0 Å². The van der Waals surface area contributed by atoms with Crippen LogP contribution in [-0.2, 0) is 30.4 Å². The van der Waals surface area contributed by atoms with Gasteiger partial charge in [0.1, 0.15) is 29.0 Å². The molecule has 4 aromatic rings. The van der Waals surface area contributed by atoms with Crippen LogP contribution in [0.15, 0.2) is 59.6 Å². The Morgan fingerprint density at radius 3 is 2.64 bits per heavy atom. The second-order valence-corrected chi connectivity index (χ2v) is 15.9.